The third-order valence-corrected chi connectivity index (χ3v) is 4.13. The number of aromatic nitrogens is 2. The van der Waals surface area contributed by atoms with Crippen molar-refractivity contribution in [2.75, 3.05) is 0 Å². The molecular formula is C13H15FN2OS. The predicted octanol–water partition coefficient (Wildman–Crippen LogP) is 2.43. The van der Waals surface area contributed by atoms with E-state index in [4.69, 9.17) is 0 Å². The van der Waals surface area contributed by atoms with Crippen molar-refractivity contribution in [3.63, 3.8) is 0 Å². The molecule has 0 bridgehead atoms. The molecule has 1 atom stereocenters. The Hall–Kier alpha value is -1.49. The molecule has 0 saturated carbocycles. The lowest BCUT2D eigenvalue weighted by Gasteiger charge is -2.03. The smallest absolute Gasteiger partial charge is 0.139 e. The minimum atomic E-state index is -1.38. The number of hydrogen-bond acceptors (Lipinski definition) is 2. The van der Waals surface area contributed by atoms with Crippen LogP contribution < -0.4 is 0 Å². The van der Waals surface area contributed by atoms with Gasteiger partial charge in [0.25, 0.3) is 0 Å². The molecule has 0 aliphatic heterocycles. The molecule has 0 fully saturated rings. The van der Waals surface area contributed by atoms with Gasteiger partial charge in [0.2, 0.25) is 0 Å². The second-order valence-corrected chi connectivity index (χ2v) is 5.44. The number of nitrogens with zero attached hydrogens (tertiary/aromatic N) is 2. The molecule has 3 nitrogen and oxygen atoms in total. The molecule has 0 aliphatic carbocycles. The lowest BCUT2D eigenvalue weighted by molar-refractivity contribution is 0.594. The number of aryl methyl sites for hydroxylation is 2. The van der Waals surface area contributed by atoms with Crippen molar-refractivity contribution < 1.29 is 8.60 Å². The van der Waals surface area contributed by atoms with Crippen LogP contribution in [0.25, 0.3) is 0 Å². The molecule has 5 heteroatoms. The average molecular weight is 266 g/mol. The van der Waals surface area contributed by atoms with Crippen molar-refractivity contribution in [3.05, 3.63) is 47.5 Å². The summed E-state index contributed by atoms with van der Waals surface area (Å²) in [5, 5.41) is 4.29. The fourth-order valence-electron chi connectivity index (χ4n) is 1.72. The Kier molecular flexibility index (Phi) is 3.91. The first kappa shape index (κ1) is 13.0. The number of rotatable bonds is 4. The lowest BCUT2D eigenvalue weighted by atomic mass is 10.3. The van der Waals surface area contributed by atoms with E-state index in [-0.39, 0.29) is 10.6 Å². The van der Waals surface area contributed by atoms with E-state index in [9.17, 15) is 8.60 Å². The van der Waals surface area contributed by atoms with Gasteiger partial charge in [-0.3, -0.25) is 8.89 Å². The Morgan fingerprint density at radius 1 is 1.39 bits per heavy atom. The van der Waals surface area contributed by atoms with Crippen LogP contribution in [0, 0.1) is 5.82 Å². The molecule has 0 radical (unpaired) electrons. The summed E-state index contributed by atoms with van der Waals surface area (Å²) in [7, 11) is 0.432. The first-order chi connectivity index (χ1) is 8.61. The fourth-order valence-corrected chi connectivity index (χ4v) is 2.93. The van der Waals surface area contributed by atoms with Gasteiger partial charge in [-0.25, -0.2) is 4.39 Å². The summed E-state index contributed by atoms with van der Waals surface area (Å²) in [5.74, 6) is -0.140. The van der Waals surface area contributed by atoms with Crippen molar-refractivity contribution in [1.82, 2.24) is 9.78 Å². The molecule has 1 unspecified atom stereocenters. The van der Waals surface area contributed by atoms with Crippen LogP contribution in [0.4, 0.5) is 4.39 Å². The number of benzene rings is 1. The Bertz CT molecular complexity index is 580. The minimum Gasteiger partial charge on any atom is -0.271 e. The van der Waals surface area contributed by atoms with E-state index < -0.39 is 16.6 Å². The molecule has 0 spiro atoms. The Morgan fingerprint density at radius 3 is 2.72 bits per heavy atom. The summed E-state index contributed by atoms with van der Waals surface area (Å²) in [4.78, 5) is 0.247. The molecule has 0 saturated heterocycles. The molecule has 0 N–H and O–H groups in total. The number of halogens is 1. The van der Waals surface area contributed by atoms with E-state index in [0.29, 0.717) is 0 Å². The van der Waals surface area contributed by atoms with Gasteiger partial charge >= 0.3 is 0 Å². The standard InChI is InChI=1S/C13H15FN2OS/c1-3-10-8-11(16(2)15-10)9-18(17)13-7-5-4-6-12(13)14/h4-8H,3,9H2,1-2H3. The van der Waals surface area contributed by atoms with Crippen molar-refractivity contribution >= 4 is 10.8 Å². The quantitative estimate of drug-likeness (QED) is 0.852. The molecule has 1 heterocycles. The third-order valence-electron chi connectivity index (χ3n) is 2.75. The molecule has 1 aromatic heterocycles. The predicted molar refractivity (Wildman–Crippen MR) is 69.1 cm³/mol. The van der Waals surface area contributed by atoms with Gasteiger partial charge in [0.15, 0.2) is 0 Å². The highest BCUT2D eigenvalue weighted by molar-refractivity contribution is 7.84. The molecular weight excluding hydrogens is 251 g/mol. The lowest BCUT2D eigenvalue weighted by Crippen LogP contribution is -2.04. The van der Waals surface area contributed by atoms with Crippen LogP contribution in [0.3, 0.4) is 0 Å². The van der Waals surface area contributed by atoms with Crippen molar-refractivity contribution in [2.24, 2.45) is 7.05 Å². The molecule has 2 aromatic rings. The van der Waals surface area contributed by atoms with Crippen LogP contribution in [0.1, 0.15) is 18.3 Å². The van der Waals surface area contributed by atoms with Crippen LogP contribution in [0.2, 0.25) is 0 Å². The van der Waals surface area contributed by atoms with Gasteiger partial charge in [0.05, 0.1) is 32.8 Å². The summed E-state index contributed by atoms with van der Waals surface area (Å²) < 4.78 is 27.3. The van der Waals surface area contributed by atoms with Gasteiger partial charge in [-0.15, -0.1) is 0 Å². The molecule has 1 aromatic carbocycles. The highest BCUT2D eigenvalue weighted by atomic mass is 32.2. The maximum absolute atomic E-state index is 13.5. The largest absolute Gasteiger partial charge is 0.271 e. The molecule has 2 rings (SSSR count). The van der Waals surface area contributed by atoms with Crippen LogP contribution in [-0.4, -0.2) is 14.0 Å². The van der Waals surface area contributed by atoms with Crippen LogP contribution in [-0.2, 0) is 30.0 Å². The van der Waals surface area contributed by atoms with Gasteiger partial charge in [0, 0.05) is 7.05 Å². The molecule has 0 aliphatic rings. The van der Waals surface area contributed by atoms with Gasteiger partial charge < -0.3 is 0 Å². The van der Waals surface area contributed by atoms with Crippen LogP contribution in [0.5, 0.6) is 0 Å². The minimum absolute atomic E-state index is 0.247. The zero-order valence-corrected chi connectivity index (χ0v) is 11.2. The van der Waals surface area contributed by atoms with E-state index in [2.05, 4.69) is 5.10 Å². The monoisotopic (exact) mass is 266 g/mol. The van der Waals surface area contributed by atoms with Crippen molar-refractivity contribution in [1.29, 1.82) is 0 Å². The summed E-state index contributed by atoms with van der Waals surface area (Å²) in [6, 6.07) is 8.08. The second-order valence-electron chi connectivity index (χ2n) is 4.02. The average Bonchev–Trinajstić information content (AvgIpc) is 2.70. The zero-order valence-electron chi connectivity index (χ0n) is 10.4. The van der Waals surface area contributed by atoms with Crippen LogP contribution in [0.15, 0.2) is 35.2 Å². The number of hydrogen-bond donors (Lipinski definition) is 0. The fraction of sp³-hybridized carbons (Fsp3) is 0.308. The Morgan fingerprint density at radius 2 is 2.11 bits per heavy atom. The van der Waals surface area contributed by atoms with Gasteiger partial charge in [0.1, 0.15) is 5.82 Å². The first-order valence-electron chi connectivity index (χ1n) is 5.76. The summed E-state index contributed by atoms with van der Waals surface area (Å²) in [5.41, 5.74) is 1.81. The highest BCUT2D eigenvalue weighted by Gasteiger charge is 2.13. The third kappa shape index (κ3) is 2.67. The zero-order chi connectivity index (χ0) is 13.1. The summed E-state index contributed by atoms with van der Waals surface area (Å²) in [6.07, 6.45) is 0.834. The summed E-state index contributed by atoms with van der Waals surface area (Å²) >= 11 is 0. The van der Waals surface area contributed by atoms with Crippen LogP contribution >= 0.6 is 0 Å². The van der Waals surface area contributed by atoms with E-state index in [1.54, 1.807) is 22.9 Å². The normalized spacial score (nSPS) is 12.6. The van der Waals surface area contributed by atoms with E-state index in [0.717, 1.165) is 17.8 Å². The van der Waals surface area contributed by atoms with Crippen molar-refractivity contribution in [3.8, 4) is 0 Å². The summed E-state index contributed by atoms with van der Waals surface area (Å²) in [6.45, 7) is 2.01. The topological polar surface area (TPSA) is 34.9 Å². The van der Waals surface area contributed by atoms with E-state index >= 15 is 0 Å². The molecule has 96 valence electrons. The van der Waals surface area contributed by atoms with Gasteiger partial charge in [-0.05, 0) is 24.6 Å². The van der Waals surface area contributed by atoms with E-state index in [1.165, 1.54) is 6.07 Å². The Balaban J connectivity index is 2.21. The Labute approximate surface area is 108 Å². The SMILES string of the molecule is CCc1cc(CS(=O)c2ccccc2F)n(C)n1. The maximum atomic E-state index is 13.5. The molecule has 0 amide bonds. The van der Waals surface area contributed by atoms with Gasteiger partial charge in [-0.1, -0.05) is 19.1 Å². The highest BCUT2D eigenvalue weighted by Crippen LogP contribution is 2.16. The van der Waals surface area contributed by atoms with Gasteiger partial charge in [-0.2, -0.15) is 5.10 Å². The van der Waals surface area contributed by atoms with E-state index in [1.807, 2.05) is 20.0 Å². The second kappa shape index (κ2) is 5.44. The molecule has 18 heavy (non-hydrogen) atoms. The maximum Gasteiger partial charge on any atom is 0.139 e. The van der Waals surface area contributed by atoms with Crippen molar-refractivity contribution in [2.45, 2.75) is 24.0 Å². The first-order valence-corrected chi connectivity index (χ1v) is 7.08.